The van der Waals surface area contributed by atoms with Crippen molar-refractivity contribution >= 4 is 11.6 Å². The van der Waals surface area contributed by atoms with Crippen molar-refractivity contribution in [1.82, 2.24) is 5.32 Å². The molecule has 2 rings (SSSR count). The Morgan fingerprint density at radius 3 is 2.43 bits per heavy atom. The van der Waals surface area contributed by atoms with Crippen LogP contribution in [0.4, 0.5) is 18.9 Å². The molecule has 2 aromatic rings. The van der Waals surface area contributed by atoms with Crippen LogP contribution in [0.15, 0.2) is 42.5 Å². The molecule has 0 aliphatic heterocycles. The quantitative estimate of drug-likeness (QED) is 0.768. The van der Waals surface area contributed by atoms with Crippen LogP contribution in [-0.2, 0) is 11.2 Å². The van der Waals surface area contributed by atoms with Crippen molar-refractivity contribution in [2.24, 2.45) is 0 Å². The predicted molar refractivity (Wildman–Crippen MR) is 82.6 cm³/mol. The second kappa shape index (κ2) is 8.33. The van der Waals surface area contributed by atoms with Gasteiger partial charge in [0.15, 0.2) is 11.6 Å². The molecule has 122 valence electrons. The molecule has 0 aromatic heterocycles. The normalized spacial score (nSPS) is 10.6. The van der Waals surface area contributed by atoms with Crippen LogP contribution in [0.2, 0.25) is 0 Å². The summed E-state index contributed by atoms with van der Waals surface area (Å²) < 4.78 is 39.2. The van der Waals surface area contributed by atoms with Crippen LogP contribution in [0.5, 0.6) is 0 Å². The zero-order valence-corrected chi connectivity index (χ0v) is 12.4. The number of nitrogens with one attached hydrogen (secondary N) is 2. The average molecular weight is 322 g/mol. The molecular weight excluding hydrogens is 305 g/mol. The number of hydrogen-bond donors (Lipinski definition) is 2. The molecule has 0 unspecified atom stereocenters. The van der Waals surface area contributed by atoms with E-state index in [1.807, 2.05) is 0 Å². The summed E-state index contributed by atoms with van der Waals surface area (Å²) in [5.41, 5.74) is 0.825. The minimum Gasteiger partial charge on any atom is -0.326 e. The molecule has 23 heavy (non-hydrogen) atoms. The predicted octanol–water partition coefficient (Wildman–Crippen LogP) is 3.26. The average Bonchev–Trinajstić information content (AvgIpc) is 2.52. The van der Waals surface area contributed by atoms with Gasteiger partial charge in [0.1, 0.15) is 5.82 Å². The molecule has 0 aliphatic rings. The third-order valence-corrected chi connectivity index (χ3v) is 3.26. The second-order valence-electron chi connectivity index (χ2n) is 5.02. The minimum absolute atomic E-state index is 0.177. The Bertz CT molecular complexity index is 677. The van der Waals surface area contributed by atoms with Gasteiger partial charge in [0.25, 0.3) is 0 Å². The molecule has 0 bridgehead atoms. The molecule has 0 spiro atoms. The van der Waals surface area contributed by atoms with Crippen LogP contribution in [0.25, 0.3) is 0 Å². The van der Waals surface area contributed by atoms with Crippen LogP contribution in [-0.4, -0.2) is 19.0 Å². The SMILES string of the molecule is O=C(CCNCCc1ccccc1F)Nc1ccc(F)c(F)c1. The Morgan fingerprint density at radius 2 is 1.70 bits per heavy atom. The molecule has 0 fully saturated rings. The summed E-state index contributed by atoms with van der Waals surface area (Å²) in [6.45, 7) is 0.948. The molecule has 6 heteroatoms. The smallest absolute Gasteiger partial charge is 0.225 e. The minimum atomic E-state index is -1.01. The van der Waals surface area contributed by atoms with Crippen molar-refractivity contribution in [2.75, 3.05) is 18.4 Å². The number of carbonyl (C=O) groups is 1. The molecule has 0 saturated carbocycles. The summed E-state index contributed by atoms with van der Waals surface area (Å²) in [7, 11) is 0. The first-order chi connectivity index (χ1) is 11.1. The van der Waals surface area contributed by atoms with E-state index < -0.39 is 11.6 Å². The van der Waals surface area contributed by atoms with E-state index in [1.54, 1.807) is 18.2 Å². The van der Waals surface area contributed by atoms with Crippen LogP contribution in [0.1, 0.15) is 12.0 Å². The van der Waals surface area contributed by atoms with Gasteiger partial charge in [-0.25, -0.2) is 13.2 Å². The summed E-state index contributed by atoms with van der Waals surface area (Å²) in [6, 6.07) is 9.71. The second-order valence-corrected chi connectivity index (χ2v) is 5.02. The Morgan fingerprint density at radius 1 is 0.913 bits per heavy atom. The number of benzene rings is 2. The molecule has 0 atom stereocenters. The topological polar surface area (TPSA) is 41.1 Å². The van der Waals surface area contributed by atoms with Gasteiger partial charge in [0.2, 0.25) is 5.91 Å². The Labute approximate surface area is 132 Å². The molecule has 2 aromatic carbocycles. The van der Waals surface area contributed by atoms with Gasteiger partial charge >= 0.3 is 0 Å². The summed E-state index contributed by atoms with van der Waals surface area (Å²) >= 11 is 0. The van der Waals surface area contributed by atoms with Crippen molar-refractivity contribution in [2.45, 2.75) is 12.8 Å². The van der Waals surface area contributed by atoms with Gasteiger partial charge in [-0.1, -0.05) is 18.2 Å². The highest BCUT2D eigenvalue weighted by Gasteiger charge is 2.06. The largest absolute Gasteiger partial charge is 0.326 e. The highest BCUT2D eigenvalue weighted by atomic mass is 19.2. The standard InChI is InChI=1S/C17H17F3N2O/c18-14-4-2-1-3-12(14)7-9-21-10-8-17(23)22-13-5-6-15(19)16(20)11-13/h1-6,11,21H,7-10H2,(H,22,23). The lowest BCUT2D eigenvalue weighted by atomic mass is 10.1. The van der Waals surface area contributed by atoms with Gasteiger partial charge in [0.05, 0.1) is 0 Å². The zero-order chi connectivity index (χ0) is 16.7. The number of carbonyl (C=O) groups excluding carboxylic acids is 1. The fourth-order valence-electron chi connectivity index (χ4n) is 2.05. The van der Waals surface area contributed by atoms with Crippen molar-refractivity contribution in [3.63, 3.8) is 0 Å². The monoisotopic (exact) mass is 322 g/mol. The molecule has 0 aliphatic carbocycles. The maximum atomic E-state index is 13.4. The van der Waals surface area contributed by atoms with Crippen molar-refractivity contribution in [3.05, 3.63) is 65.5 Å². The molecule has 2 N–H and O–H groups in total. The van der Waals surface area contributed by atoms with E-state index in [0.717, 1.165) is 12.1 Å². The van der Waals surface area contributed by atoms with Gasteiger partial charge in [-0.3, -0.25) is 4.79 Å². The van der Waals surface area contributed by atoms with Crippen molar-refractivity contribution in [1.29, 1.82) is 0 Å². The van der Waals surface area contributed by atoms with Gasteiger partial charge < -0.3 is 10.6 Å². The summed E-state index contributed by atoms with van der Waals surface area (Å²) in [6.07, 6.45) is 0.702. The van der Waals surface area contributed by atoms with Crippen molar-refractivity contribution in [3.8, 4) is 0 Å². The highest BCUT2D eigenvalue weighted by molar-refractivity contribution is 5.90. The van der Waals surface area contributed by atoms with E-state index in [9.17, 15) is 18.0 Å². The fraction of sp³-hybridized carbons (Fsp3) is 0.235. The van der Waals surface area contributed by atoms with E-state index in [1.165, 1.54) is 12.1 Å². The Kier molecular flexibility index (Phi) is 6.17. The van der Waals surface area contributed by atoms with Crippen LogP contribution in [0.3, 0.4) is 0 Å². The lowest BCUT2D eigenvalue weighted by Crippen LogP contribution is -2.23. The first-order valence-electron chi connectivity index (χ1n) is 7.25. The molecule has 0 saturated heterocycles. The molecule has 1 amide bonds. The van der Waals surface area contributed by atoms with E-state index in [-0.39, 0.29) is 23.8 Å². The first-order valence-corrected chi connectivity index (χ1v) is 7.25. The fourth-order valence-corrected chi connectivity index (χ4v) is 2.05. The Hall–Kier alpha value is -2.34. The molecule has 0 radical (unpaired) electrons. The van der Waals surface area contributed by atoms with Crippen LogP contribution < -0.4 is 10.6 Å². The van der Waals surface area contributed by atoms with E-state index in [4.69, 9.17) is 0 Å². The number of hydrogen-bond acceptors (Lipinski definition) is 2. The van der Waals surface area contributed by atoms with Crippen molar-refractivity contribution < 1.29 is 18.0 Å². The third-order valence-electron chi connectivity index (χ3n) is 3.26. The van der Waals surface area contributed by atoms with E-state index in [2.05, 4.69) is 10.6 Å². The molecule has 3 nitrogen and oxygen atoms in total. The summed E-state index contributed by atoms with van der Waals surface area (Å²) in [5.74, 6) is -2.52. The van der Waals surface area contributed by atoms with E-state index in [0.29, 0.717) is 25.1 Å². The summed E-state index contributed by atoms with van der Waals surface area (Å²) in [5, 5.41) is 5.52. The van der Waals surface area contributed by atoms with Crippen LogP contribution in [0, 0.1) is 17.5 Å². The summed E-state index contributed by atoms with van der Waals surface area (Å²) in [4.78, 5) is 11.7. The maximum absolute atomic E-state index is 13.4. The number of anilines is 1. The van der Waals surface area contributed by atoms with Gasteiger partial charge in [-0.05, 0) is 36.7 Å². The maximum Gasteiger partial charge on any atom is 0.225 e. The molecule has 0 heterocycles. The first kappa shape index (κ1) is 17.0. The Balaban J connectivity index is 1.67. The highest BCUT2D eigenvalue weighted by Crippen LogP contribution is 2.13. The van der Waals surface area contributed by atoms with Gasteiger partial charge in [-0.15, -0.1) is 0 Å². The van der Waals surface area contributed by atoms with E-state index >= 15 is 0 Å². The number of rotatable bonds is 7. The van der Waals surface area contributed by atoms with Gasteiger partial charge in [0, 0.05) is 24.7 Å². The zero-order valence-electron chi connectivity index (χ0n) is 12.4. The third kappa shape index (κ3) is 5.41. The number of halogens is 3. The van der Waals surface area contributed by atoms with Gasteiger partial charge in [-0.2, -0.15) is 0 Å². The lowest BCUT2D eigenvalue weighted by molar-refractivity contribution is -0.116. The lowest BCUT2D eigenvalue weighted by Gasteiger charge is -2.07. The molecular formula is C17H17F3N2O. The van der Waals surface area contributed by atoms with Crippen LogP contribution >= 0.6 is 0 Å². The number of amides is 1.